The van der Waals surface area contributed by atoms with E-state index < -0.39 is 0 Å². The van der Waals surface area contributed by atoms with Gasteiger partial charge in [-0.15, -0.1) is 11.3 Å². The number of amides is 1. The number of halogens is 1. The highest BCUT2D eigenvalue weighted by molar-refractivity contribution is 7.21. The van der Waals surface area contributed by atoms with Crippen LogP contribution in [-0.2, 0) is 0 Å². The van der Waals surface area contributed by atoms with Crippen LogP contribution in [-0.4, -0.2) is 27.9 Å². The number of rotatable bonds is 2. The first kappa shape index (κ1) is 18.3. The number of hydrogen-bond acceptors (Lipinski definition) is 4. The number of thiophene rings is 1. The Hall–Kier alpha value is -2.11. The minimum atomic E-state index is 0.0308. The number of nitrogens with zero attached hydrogens (tertiary/aromatic N) is 2. The molecule has 2 aromatic heterocycles. The fourth-order valence-corrected chi connectivity index (χ4v) is 5.04. The SMILES string of the molecule is C[C@@H]1CCC[C@@H](C)N1C(=O)c1sc2nc(-c3ccc(Cl)cc3)ccc2c1N. The van der Waals surface area contributed by atoms with Crippen LogP contribution >= 0.6 is 22.9 Å². The highest BCUT2D eigenvalue weighted by Crippen LogP contribution is 2.36. The van der Waals surface area contributed by atoms with Gasteiger partial charge >= 0.3 is 0 Å². The predicted octanol–water partition coefficient (Wildman–Crippen LogP) is 5.60. The molecule has 1 saturated heterocycles. The monoisotopic (exact) mass is 399 g/mol. The molecular formula is C21H22ClN3OS. The van der Waals surface area contributed by atoms with Crippen LogP contribution in [0.2, 0.25) is 5.02 Å². The number of pyridine rings is 1. The Morgan fingerprint density at radius 1 is 1.15 bits per heavy atom. The summed E-state index contributed by atoms with van der Waals surface area (Å²) >= 11 is 7.36. The van der Waals surface area contributed by atoms with Gasteiger partial charge in [0.05, 0.1) is 11.4 Å². The molecule has 0 bridgehead atoms. The number of fused-ring (bicyclic) bond motifs is 1. The van der Waals surface area contributed by atoms with E-state index in [-0.39, 0.29) is 18.0 Å². The van der Waals surface area contributed by atoms with Crippen molar-refractivity contribution in [2.24, 2.45) is 0 Å². The molecule has 6 heteroatoms. The molecule has 140 valence electrons. The lowest BCUT2D eigenvalue weighted by Gasteiger charge is -2.38. The van der Waals surface area contributed by atoms with Crippen LogP contribution in [0.3, 0.4) is 0 Å². The minimum absolute atomic E-state index is 0.0308. The Morgan fingerprint density at radius 2 is 1.81 bits per heavy atom. The Bertz CT molecular complexity index is 989. The van der Waals surface area contributed by atoms with Crippen molar-refractivity contribution in [3.63, 3.8) is 0 Å². The third-order valence-corrected chi connectivity index (χ3v) is 6.71. The molecule has 2 N–H and O–H groups in total. The van der Waals surface area contributed by atoms with Gasteiger partial charge in [0.2, 0.25) is 0 Å². The Labute approximate surface area is 168 Å². The fraction of sp³-hybridized carbons (Fsp3) is 0.333. The van der Waals surface area contributed by atoms with Crippen molar-refractivity contribution in [1.82, 2.24) is 9.88 Å². The van der Waals surface area contributed by atoms with Crippen LogP contribution in [0.25, 0.3) is 21.5 Å². The largest absolute Gasteiger partial charge is 0.397 e. The predicted molar refractivity (Wildman–Crippen MR) is 113 cm³/mol. The van der Waals surface area contributed by atoms with Crippen molar-refractivity contribution < 1.29 is 4.79 Å². The Morgan fingerprint density at radius 3 is 2.48 bits per heavy atom. The van der Waals surface area contributed by atoms with Crippen LogP contribution in [0.15, 0.2) is 36.4 Å². The molecule has 27 heavy (non-hydrogen) atoms. The topological polar surface area (TPSA) is 59.2 Å². The zero-order valence-corrected chi connectivity index (χ0v) is 17.0. The van der Waals surface area contributed by atoms with E-state index in [9.17, 15) is 4.79 Å². The third-order valence-electron chi connectivity index (χ3n) is 5.36. The summed E-state index contributed by atoms with van der Waals surface area (Å²) in [5.41, 5.74) is 8.73. The maximum Gasteiger partial charge on any atom is 0.266 e. The van der Waals surface area contributed by atoms with E-state index >= 15 is 0 Å². The number of aromatic nitrogens is 1. The first-order valence-electron chi connectivity index (χ1n) is 9.23. The molecule has 3 aromatic rings. The van der Waals surface area contributed by atoms with E-state index in [0.717, 1.165) is 34.3 Å². The van der Waals surface area contributed by atoms with E-state index in [1.54, 1.807) is 0 Å². The molecule has 3 heterocycles. The zero-order valence-electron chi connectivity index (χ0n) is 15.4. The van der Waals surface area contributed by atoms with Crippen LogP contribution < -0.4 is 5.73 Å². The van der Waals surface area contributed by atoms with Gasteiger partial charge in [0.15, 0.2) is 0 Å². The highest BCUT2D eigenvalue weighted by Gasteiger charge is 2.32. The van der Waals surface area contributed by atoms with Gasteiger partial charge < -0.3 is 10.6 Å². The lowest BCUT2D eigenvalue weighted by atomic mass is 9.97. The molecule has 0 spiro atoms. The van der Waals surface area contributed by atoms with E-state index in [1.807, 2.05) is 41.3 Å². The van der Waals surface area contributed by atoms with E-state index in [2.05, 4.69) is 13.8 Å². The lowest BCUT2D eigenvalue weighted by Crippen LogP contribution is -2.47. The highest BCUT2D eigenvalue weighted by atomic mass is 35.5. The summed E-state index contributed by atoms with van der Waals surface area (Å²) in [6, 6.07) is 12.0. The molecule has 0 unspecified atom stereocenters. The molecule has 4 rings (SSSR count). The van der Waals surface area contributed by atoms with Crippen LogP contribution in [0, 0.1) is 0 Å². The number of carbonyl (C=O) groups is 1. The fourth-order valence-electron chi connectivity index (χ4n) is 3.88. The quantitative estimate of drug-likeness (QED) is 0.609. The summed E-state index contributed by atoms with van der Waals surface area (Å²) in [5.74, 6) is 0.0308. The van der Waals surface area contributed by atoms with Crippen molar-refractivity contribution >= 4 is 44.7 Å². The van der Waals surface area contributed by atoms with Gasteiger partial charge in [-0.1, -0.05) is 23.7 Å². The van der Waals surface area contributed by atoms with Gasteiger partial charge in [-0.3, -0.25) is 4.79 Å². The number of anilines is 1. The molecular weight excluding hydrogens is 378 g/mol. The number of likely N-dealkylation sites (tertiary alicyclic amines) is 1. The van der Waals surface area contributed by atoms with Crippen molar-refractivity contribution in [3.05, 3.63) is 46.3 Å². The minimum Gasteiger partial charge on any atom is -0.397 e. The molecule has 4 nitrogen and oxygen atoms in total. The van der Waals surface area contributed by atoms with Gasteiger partial charge in [0, 0.05) is 28.1 Å². The van der Waals surface area contributed by atoms with Crippen LogP contribution in [0.5, 0.6) is 0 Å². The first-order chi connectivity index (χ1) is 13.0. The average Bonchev–Trinajstić information content (AvgIpc) is 2.98. The summed E-state index contributed by atoms with van der Waals surface area (Å²) in [5, 5.41) is 1.54. The molecule has 2 atom stereocenters. The summed E-state index contributed by atoms with van der Waals surface area (Å²) in [7, 11) is 0. The average molecular weight is 400 g/mol. The molecule has 0 aliphatic carbocycles. The number of carbonyl (C=O) groups excluding carboxylic acids is 1. The molecule has 1 fully saturated rings. The number of hydrogen-bond donors (Lipinski definition) is 1. The van der Waals surface area contributed by atoms with Crippen molar-refractivity contribution in [2.45, 2.75) is 45.2 Å². The van der Waals surface area contributed by atoms with E-state index in [0.29, 0.717) is 15.6 Å². The zero-order chi connectivity index (χ0) is 19.1. The summed E-state index contributed by atoms with van der Waals surface area (Å²) in [6.07, 6.45) is 3.25. The second-order valence-electron chi connectivity index (χ2n) is 7.24. The molecule has 1 aliphatic rings. The van der Waals surface area contributed by atoms with Crippen molar-refractivity contribution in [1.29, 1.82) is 0 Å². The molecule has 1 aliphatic heterocycles. The standard InChI is InChI=1S/C21H22ClN3OS/c1-12-4-3-5-13(2)25(12)21(26)19-18(23)16-10-11-17(24-20(16)27-19)14-6-8-15(22)9-7-14/h6-13H,3-5,23H2,1-2H3/t12-,13-/m1/s1. The Kier molecular flexibility index (Phi) is 4.82. The third kappa shape index (κ3) is 3.30. The van der Waals surface area contributed by atoms with Gasteiger partial charge in [-0.05, 0) is 57.4 Å². The molecule has 1 amide bonds. The van der Waals surface area contributed by atoms with Crippen molar-refractivity contribution in [2.75, 3.05) is 5.73 Å². The first-order valence-corrected chi connectivity index (χ1v) is 10.4. The number of piperidine rings is 1. The maximum atomic E-state index is 13.2. The lowest BCUT2D eigenvalue weighted by molar-refractivity contribution is 0.0517. The summed E-state index contributed by atoms with van der Waals surface area (Å²) in [4.78, 5) is 21.4. The normalized spacial score (nSPS) is 20.2. The maximum absolute atomic E-state index is 13.2. The second kappa shape index (κ2) is 7.13. The van der Waals surface area contributed by atoms with Gasteiger partial charge in [-0.2, -0.15) is 0 Å². The second-order valence-corrected chi connectivity index (χ2v) is 8.68. The summed E-state index contributed by atoms with van der Waals surface area (Å²) < 4.78 is 0. The van der Waals surface area contributed by atoms with Gasteiger partial charge in [0.25, 0.3) is 5.91 Å². The number of nitrogens with two attached hydrogens (primary N) is 1. The van der Waals surface area contributed by atoms with Crippen molar-refractivity contribution in [3.8, 4) is 11.3 Å². The summed E-state index contributed by atoms with van der Waals surface area (Å²) in [6.45, 7) is 4.24. The van der Waals surface area contributed by atoms with Crippen LogP contribution in [0.4, 0.5) is 5.69 Å². The van der Waals surface area contributed by atoms with Gasteiger partial charge in [-0.25, -0.2) is 4.98 Å². The smallest absolute Gasteiger partial charge is 0.266 e. The van der Waals surface area contributed by atoms with Crippen LogP contribution in [0.1, 0.15) is 42.8 Å². The Balaban J connectivity index is 1.73. The number of nitrogen functional groups attached to an aromatic ring is 1. The molecule has 0 radical (unpaired) electrons. The number of benzene rings is 1. The van der Waals surface area contributed by atoms with Gasteiger partial charge in [0.1, 0.15) is 9.71 Å². The van der Waals surface area contributed by atoms with E-state index in [1.165, 1.54) is 17.8 Å². The molecule has 0 saturated carbocycles. The molecule has 1 aromatic carbocycles. The van der Waals surface area contributed by atoms with E-state index in [4.69, 9.17) is 22.3 Å².